The van der Waals surface area contributed by atoms with Crippen LogP contribution in [0.25, 0.3) is 11.3 Å². The van der Waals surface area contributed by atoms with Crippen LogP contribution < -0.4 is 15.4 Å². The second kappa shape index (κ2) is 8.46. The number of carbonyl (C=O) groups is 1. The number of aromatic nitrogens is 5. The number of carbonyl (C=O) groups excluding carboxylic acids is 1. The smallest absolute Gasteiger partial charge is 0.303 e. The predicted molar refractivity (Wildman–Crippen MR) is 111 cm³/mol. The maximum absolute atomic E-state index is 14.1. The molecule has 0 radical (unpaired) electrons. The molecule has 0 aliphatic carbocycles. The number of hydrogen-bond donors (Lipinski definition) is 2. The highest BCUT2D eigenvalue weighted by Crippen LogP contribution is 2.32. The van der Waals surface area contributed by atoms with Gasteiger partial charge in [-0.15, -0.1) is 0 Å². The third-order valence-corrected chi connectivity index (χ3v) is 4.66. The Morgan fingerprint density at radius 1 is 1.25 bits per heavy atom. The van der Waals surface area contributed by atoms with Gasteiger partial charge in [0.05, 0.1) is 50.1 Å². The highest BCUT2D eigenvalue weighted by atomic mass is 19.3. The number of ether oxygens (including phenoxy) is 2. The quantitative estimate of drug-likeness (QED) is 0.570. The molecule has 0 aromatic carbocycles. The number of amides is 1. The number of pyridine rings is 1. The minimum Gasteiger partial charge on any atom is -0.493 e. The van der Waals surface area contributed by atoms with Crippen LogP contribution >= 0.6 is 0 Å². The number of alkyl halides is 2. The lowest BCUT2D eigenvalue weighted by Crippen LogP contribution is -2.30. The molecule has 2 N–H and O–H groups in total. The number of halogens is 2. The summed E-state index contributed by atoms with van der Waals surface area (Å²) in [6, 6.07) is 3.16. The van der Waals surface area contributed by atoms with Crippen molar-refractivity contribution in [3.8, 4) is 17.0 Å². The molecule has 10 nitrogen and oxygen atoms in total. The fourth-order valence-electron chi connectivity index (χ4n) is 2.99. The fourth-order valence-corrected chi connectivity index (χ4v) is 2.99. The van der Waals surface area contributed by atoms with E-state index in [0.717, 1.165) is 6.92 Å². The third-order valence-electron chi connectivity index (χ3n) is 4.66. The Kier molecular flexibility index (Phi) is 5.70. The summed E-state index contributed by atoms with van der Waals surface area (Å²) < 4.78 is 40.5. The first-order valence-electron chi connectivity index (χ1n) is 9.71. The predicted octanol–water partition coefficient (Wildman–Crippen LogP) is 3.13. The largest absolute Gasteiger partial charge is 0.493 e. The molecule has 32 heavy (non-hydrogen) atoms. The van der Waals surface area contributed by atoms with Gasteiger partial charge in [-0.2, -0.15) is 13.9 Å². The van der Waals surface area contributed by atoms with Crippen molar-refractivity contribution in [2.75, 3.05) is 31.0 Å². The van der Waals surface area contributed by atoms with Gasteiger partial charge in [0.2, 0.25) is 11.7 Å². The lowest BCUT2D eigenvalue weighted by molar-refractivity contribution is -0.114. The van der Waals surface area contributed by atoms with E-state index in [9.17, 15) is 13.6 Å². The first-order chi connectivity index (χ1) is 15.2. The highest BCUT2D eigenvalue weighted by molar-refractivity contribution is 5.88. The molecule has 12 heteroatoms. The molecule has 0 atom stereocenters. The fraction of sp³-hybridized carbons (Fsp3) is 0.350. The average Bonchev–Trinajstić information content (AvgIpc) is 3.15. The first kappa shape index (κ1) is 21.6. The molecule has 4 heterocycles. The Labute approximate surface area is 182 Å². The first-order valence-corrected chi connectivity index (χ1v) is 9.71. The average molecular weight is 445 g/mol. The molecule has 4 rings (SSSR count). The second-order valence-corrected chi connectivity index (χ2v) is 7.33. The van der Waals surface area contributed by atoms with E-state index in [-0.39, 0.29) is 29.3 Å². The standard InChI is InChI=1S/C20H21F2N7O3/c1-11(30)25-17-5-15(16(31-3)7-23-17)26-18-4-14(27-19(28-18)20(2,21)22)12-6-24-29(8-12)13-9-32-10-13/h4-8,13H,9-10H2,1-3H3,(H2,23,25,26,27,28,30). The normalized spacial score (nSPS) is 14.0. The SMILES string of the molecule is COc1cnc(NC(C)=O)cc1Nc1cc(-c2cnn(C3COC3)c2)nc(C(C)(F)F)n1. The van der Waals surface area contributed by atoms with Gasteiger partial charge in [-0.25, -0.2) is 15.0 Å². The van der Waals surface area contributed by atoms with E-state index < -0.39 is 11.7 Å². The summed E-state index contributed by atoms with van der Waals surface area (Å²) in [7, 11) is 1.44. The van der Waals surface area contributed by atoms with Crippen molar-refractivity contribution in [3.05, 3.63) is 36.5 Å². The summed E-state index contributed by atoms with van der Waals surface area (Å²) in [6.45, 7) is 3.18. The van der Waals surface area contributed by atoms with Gasteiger partial charge >= 0.3 is 5.92 Å². The molecule has 1 aliphatic rings. The van der Waals surface area contributed by atoms with E-state index in [0.29, 0.717) is 30.2 Å². The Morgan fingerprint density at radius 3 is 2.66 bits per heavy atom. The van der Waals surface area contributed by atoms with Gasteiger partial charge in [0.25, 0.3) is 0 Å². The number of rotatable bonds is 7. The topological polar surface area (TPSA) is 116 Å². The lowest BCUT2D eigenvalue weighted by atomic mass is 10.2. The van der Waals surface area contributed by atoms with Crippen LogP contribution in [0.15, 0.2) is 30.7 Å². The van der Waals surface area contributed by atoms with Crippen LogP contribution in [-0.2, 0) is 15.5 Å². The van der Waals surface area contributed by atoms with Crippen molar-refractivity contribution in [1.82, 2.24) is 24.7 Å². The minimum absolute atomic E-state index is 0.114. The Morgan fingerprint density at radius 2 is 2.03 bits per heavy atom. The summed E-state index contributed by atoms with van der Waals surface area (Å²) in [6.07, 6.45) is 4.69. The Balaban J connectivity index is 1.71. The summed E-state index contributed by atoms with van der Waals surface area (Å²) in [4.78, 5) is 23.4. The van der Waals surface area contributed by atoms with Crippen LogP contribution in [0.4, 0.5) is 26.1 Å². The van der Waals surface area contributed by atoms with Crippen LogP contribution in [-0.4, -0.2) is 51.0 Å². The molecule has 0 saturated carbocycles. The van der Waals surface area contributed by atoms with E-state index in [2.05, 4.69) is 30.7 Å². The Bertz CT molecular complexity index is 1140. The number of nitrogens with zero attached hydrogens (tertiary/aromatic N) is 5. The van der Waals surface area contributed by atoms with Crippen molar-refractivity contribution >= 4 is 23.2 Å². The summed E-state index contributed by atoms with van der Waals surface area (Å²) >= 11 is 0. The van der Waals surface area contributed by atoms with E-state index in [1.807, 2.05) is 0 Å². The molecule has 1 aliphatic heterocycles. The molecular weight excluding hydrogens is 424 g/mol. The number of anilines is 3. The zero-order valence-electron chi connectivity index (χ0n) is 17.6. The number of methoxy groups -OCH3 is 1. The van der Waals surface area contributed by atoms with Gasteiger partial charge in [0.1, 0.15) is 11.6 Å². The molecule has 1 amide bonds. The van der Waals surface area contributed by atoms with Crippen LogP contribution in [0.2, 0.25) is 0 Å². The highest BCUT2D eigenvalue weighted by Gasteiger charge is 2.30. The van der Waals surface area contributed by atoms with Crippen LogP contribution in [0, 0.1) is 0 Å². The van der Waals surface area contributed by atoms with Crippen LogP contribution in [0.1, 0.15) is 25.7 Å². The molecule has 3 aromatic rings. The molecule has 3 aromatic heterocycles. The summed E-state index contributed by atoms with van der Waals surface area (Å²) in [5.41, 5.74) is 1.22. The van der Waals surface area contributed by atoms with Crippen molar-refractivity contribution in [1.29, 1.82) is 0 Å². The molecule has 1 fully saturated rings. The zero-order valence-corrected chi connectivity index (χ0v) is 17.6. The van der Waals surface area contributed by atoms with Crippen molar-refractivity contribution in [3.63, 3.8) is 0 Å². The van der Waals surface area contributed by atoms with Gasteiger partial charge in [-0.05, 0) is 0 Å². The summed E-state index contributed by atoms with van der Waals surface area (Å²) in [5, 5.41) is 9.81. The molecule has 168 valence electrons. The number of hydrogen-bond acceptors (Lipinski definition) is 8. The molecule has 0 bridgehead atoms. The molecular formula is C20H21F2N7O3. The van der Waals surface area contributed by atoms with Crippen LogP contribution in [0.5, 0.6) is 5.75 Å². The van der Waals surface area contributed by atoms with Gasteiger partial charge in [0, 0.05) is 37.7 Å². The van der Waals surface area contributed by atoms with E-state index >= 15 is 0 Å². The monoisotopic (exact) mass is 445 g/mol. The van der Waals surface area contributed by atoms with E-state index in [1.165, 1.54) is 32.4 Å². The maximum Gasteiger partial charge on any atom is 0.303 e. The summed E-state index contributed by atoms with van der Waals surface area (Å²) in [5.74, 6) is -3.51. The van der Waals surface area contributed by atoms with Gasteiger partial charge in [-0.3, -0.25) is 9.48 Å². The molecule has 0 unspecified atom stereocenters. The van der Waals surface area contributed by atoms with Crippen LogP contribution in [0.3, 0.4) is 0 Å². The molecule has 0 spiro atoms. The maximum atomic E-state index is 14.1. The zero-order chi connectivity index (χ0) is 22.9. The van der Waals surface area contributed by atoms with Gasteiger partial charge in [-0.1, -0.05) is 0 Å². The molecule has 1 saturated heterocycles. The van der Waals surface area contributed by atoms with Gasteiger partial charge < -0.3 is 20.1 Å². The van der Waals surface area contributed by atoms with Crippen molar-refractivity contribution in [2.45, 2.75) is 25.8 Å². The van der Waals surface area contributed by atoms with Crippen molar-refractivity contribution in [2.24, 2.45) is 0 Å². The minimum atomic E-state index is -3.27. The van der Waals surface area contributed by atoms with Gasteiger partial charge in [0.15, 0.2) is 5.75 Å². The number of nitrogens with one attached hydrogen (secondary N) is 2. The lowest BCUT2D eigenvalue weighted by Gasteiger charge is -2.25. The third kappa shape index (κ3) is 4.64. The van der Waals surface area contributed by atoms with E-state index in [4.69, 9.17) is 9.47 Å². The second-order valence-electron chi connectivity index (χ2n) is 7.33. The van der Waals surface area contributed by atoms with Crippen molar-refractivity contribution < 1.29 is 23.0 Å². The Hall–Kier alpha value is -3.67. The van der Waals surface area contributed by atoms with E-state index in [1.54, 1.807) is 17.1 Å².